The fourth-order valence-corrected chi connectivity index (χ4v) is 6.67. The van der Waals surface area contributed by atoms with Crippen LogP contribution in [0.2, 0.25) is 0 Å². The molecule has 0 saturated carbocycles. The second-order valence-corrected chi connectivity index (χ2v) is 16.0. The van der Waals surface area contributed by atoms with Gasteiger partial charge in [-0.1, -0.05) is 197 Å². The molecule has 6 nitrogen and oxygen atoms in total. The summed E-state index contributed by atoms with van der Waals surface area (Å²) >= 11 is 0. The van der Waals surface area contributed by atoms with E-state index in [9.17, 15) is 14.4 Å². The number of hydrogen-bond acceptors (Lipinski definition) is 6. The van der Waals surface area contributed by atoms with Crippen LogP contribution in [0, 0.1) is 0 Å². The normalized spacial score (nSPS) is 12.5. The first kappa shape index (κ1) is 55.1. The van der Waals surface area contributed by atoms with Crippen LogP contribution in [-0.2, 0) is 28.6 Å². The number of hydrogen-bond donors (Lipinski definition) is 0. The number of rotatable bonds is 43. The quantitative estimate of drug-likeness (QED) is 0.0264. The summed E-state index contributed by atoms with van der Waals surface area (Å²) in [5.74, 6) is -0.976. The van der Waals surface area contributed by atoms with Gasteiger partial charge in [-0.3, -0.25) is 14.4 Å². The number of ether oxygens (including phenoxy) is 3. The van der Waals surface area contributed by atoms with Crippen LogP contribution in [0.3, 0.4) is 0 Å². The Morgan fingerprint density at radius 3 is 1.05 bits per heavy atom. The van der Waals surface area contributed by atoms with Crippen LogP contribution in [0.4, 0.5) is 0 Å². The van der Waals surface area contributed by atoms with Crippen molar-refractivity contribution in [3.63, 3.8) is 0 Å². The molecule has 0 aromatic carbocycles. The molecule has 0 radical (unpaired) electrons. The number of unbranched alkanes of at least 4 members (excludes halogenated alkanes) is 22. The molecule has 0 aliphatic rings. The number of esters is 3. The van der Waals surface area contributed by atoms with Crippen LogP contribution in [-0.4, -0.2) is 37.2 Å². The Hall–Kier alpha value is -2.89. The molecule has 0 rings (SSSR count). The Bertz CT molecular complexity index is 1070. The zero-order chi connectivity index (χ0) is 42.3. The molecular weight excluding hydrogens is 721 g/mol. The maximum absolute atomic E-state index is 12.7. The highest BCUT2D eigenvalue weighted by atomic mass is 16.6. The van der Waals surface area contributed by atoms with E-state index in [-0.39, 0.29) is 37.5 Å². The van der Waals surface area contributed by atoms with E-state index >= 15 is 0 Å². The average molecular weight is 811 g/mol. The van der Waals surface area contributed by atoms with Crippen molar-refractivity contribution in [2.45, 2.75) is 239 Å². The van der Waals surface area contributed by atoms with Gasteiger partial charge < -0.3 is 14.2 Å². The summed E-state index contributed by atoms with van der Waals surface area (Å²) in [6, 6.07) is 0. The van der Waals surface area contributed by atoms with E-state index in [1.54, 1.807) is 0 Å². The molecule has 0 fully saturated rings. The fourth-order valence-electron chi connectivity index (χ4n) is 6.67. The summed E-state index contributed by atoms with van der Waals surface area (Å²) in [6.45, 7) is 6.33. The van der Waals surface area contributed by atoms with Crippen molar-refractivity contribution in [3.05, 3.63) is 60.8 Å². The maximum Gasteiger partial charge on any atom is 0.306 e. The Morgan fingerprint density at radius 2 is 0.672 bits per heavy atom. The van der Waals surface area contributed by atoms with Crippen molar-refractivity contribution in [2.24, 2.45) is 0 Å². The Morgan fingerprint density at radius 1 is 0.362 bits per heavy atom. The Kier molecular flexibility index (Phi) is 44.5. The molecule has 0 spiro atoms. The maximum atomic E-state index is 12.7. The summed E-state index contributed by atoms with van der Waals surface area (Å²) < 4.78 is 16.6. The summed E-state index contributed by atoms with van der Waals surface area (Å²) in [4.78, 5) is 37.7. The van der Waals surface area contributed by atoms with E-state index in [0.29, 0.717) is 19.3 Å². The summed E-state index contributed by atoms with van der Waals surface area (Å²) in [5, 5.41) is 0. The first-order valence-electron chi connectivity index (χ1n) is 24.3. The van der Waals surface area contributed by atoms with Crippen LogP contribution in [0.1, 0.15) is 233 Å². The summed E-state index contributed by atoms with van der Waals surface area (Å²) in [7, 11) is 0. The van der Waals surface area contributed by atoms with Crippen molar-refractivity contribution in [1.82, 2.24) is 0 Å². The van der Waals surface area contributed by atoms with Crippen LogP contribution in [0.15, 0.2) is 60.8 Å². The third-order valence-electron chi connectivity index (χ3n) is 10.3. The first-order chi connectivity index (χ1) is 28.5. The van der Waals surface area contributed by atoms with Gasteiger partial charge >= 0.3 is 17.9 Å². The molecule has 0 aromatic rings. The van der Waals surface area contributed by atoms with Gasteiger partial charge in [0, 0.05) is 19.3 Å². The van der Waals surface area contributed by atoms with Crippen LogP contribution in [0.25, 0.3) is 0 Å². The van der Waals surface area contributed by atoms with E-state index in [2.05, 4.69) is 81.5 Å². The number of carbonyl (C=O) groups excluding carboxylic acids is 3. The van der Waals surface area contributed by atoms with E-state index in [1.165, 1.54) is 103 Å². The lowest BCUT2D eigenvalue weighted by Gasteiger charge is -2.18. The van der Waals surface area contributed by atoms with Gasteiger partial charge in [-0.15, -0.1) is 0 Å². The first-order valence-corrected chi connectivity index (χ1v) is 24.3. The summed E-state index contributed by atoms with van der Waals surface area (Å²) in [6.07, 6.45) is 56.6. The zero-order valence-electron chi connectivity index (χ0n) is 38.0. The van der Waals surface area contributed by atoms with E-state index in [1.807, 2.05) is 0 Å². The molecule has 0 saturated heterocycles. The third kappa shape index (κ3) is 44.2. The molecule has 0 amide bonds. The second-order valence-electron chi connectivity index (χ2n) is 16.0. The van der Waals surface area contributed by atoms with Crippen molar-refractivity contribution < 1.29 is 28.6 Å². The minimum absolute atomic E-state index is 0.0985. The fraction of sp³-hybridized carbons (Fsp3) is 0.750. The van der Waals surface area contributed by atoms with Crippen LogP contribution < -0.4 is 0 Å². The van der Waals surface area contributed by atoms with Gasteiger partial charge in [0.25, 0.3) is 0 Å². The molecule has 0 aliphatic heterocycles. The molecule has 1 unspecified atom stereocenters. The highest BCUT2D eigenvalue weighted by Crippen LogP contribution is 2.15. The average Bonchev–Trinajstić information content (AvgIpc) is 3.22. The molecule has 0 aliphatic carbocycles. The Balaban J connectivity index is 4.31. The van der Waals surface area contributed by atoms with Crippen LogP contribution in [0.5, 0.6) is 0 Å². The number of carbonyl (C=O) groups is 3. The van der Waals surface area contributed by atoms with E-state index in [4.69, 9.17) is 14.2 Å². The SMILES string of the molecule is CC/C=C\C/C=C\C/C=C\CCCCC(=O)OC(COC(=O)CCCC/C=C\C/C=C\CC)COC(=O)CCCCCCCCCCCCCCCCCCCCC. The third-order valence-corrected chi connectivity index (χ3v) is 10.3. The molecule has 334 valence electrons. The smallest absolute Gasteiger partial charge is 0.306 e. The second kappa shape index (κ2) is 46.8. The van der Waals surface area contributed by atoms with Gasteiger partial charge in [0.1, 0.15) is 13.2 Å². The molecule has 0 bridgehead atoms. The molecule has 6 heteroatoms. The number of allylic oxidation sites excluding steroid dienone is 10. The van der Waals surface area contributed by atoms with Crippen molar-refractivity contribution in [1.29, 1.82) is 0 Å². The highest BCUT2D eigenvalue weighted by molar-refractivity contribution is 5.71. The van der Waals surface area contributed by atoms with E-state index in [0.717, 1.165) is 83.5 Å². The Labute approximate surface area is 358 Å². The summed E-state index contributed by atoms with van der Waals surface area (Å²) in [5.41, 5.74) is 0. The van der Waals surface area contributed by atoms with E-state index < -0.39 is 6.10 Å². The largest absolute Gasteiger partial charge is 0.462 e. The molecule has 0 aromatic heterocycles. The minimum Gasteiger partial charge on any atom is -0.462 e. The van der Waals surface area contributed by atoms with Gasteiger partial charge in [0.2, 0.25) is 0 Å². The lowest BCUT2D eigenvalue weighted by Crippen LogP contribution is -2.30. The molecule has 58 heavy (non-hydrogen) atoms. The topological polar surface area (TPSA) is 78.9 Å². The van der Waals surface area contributed by atoms with Gasteiger partial charge in [-0.25, -0.2) is 0 Å². The molecule has 0 N–H and O–H groups in total. The molecule has 0 heterocycles. The van der Waals surface area contributed by atoms with Gasteiger partial charge in [0.05, 0.1) is 0 Å². The van der Waals surface area contributed by atoms with Gasteiger partial charge in [0.15, 0.2) is 6.10 Å². The molecular formula is C52H90O6. The van der Waals surface area contributed by atoms with Gasteiger partial charge in [-0.05, 0) is 77.0 Å². The molecule has 1 atom stereocenters. The van der Waals surface area contributed by atoms with Crippen molar-refractivity contribution >= 4 is 17.9 Å². The van der Waals surface area contributed by atoms with Crippen LogP contribution >= 0.6 is 0 Å². The minimum atomic E-state index is -0.802. The zero-order valence-corrected chi connectivity index (χ0v) is 38.0. The lowest BCUT2D eigenvalue weighted by atomic mass is 10.0. The van der Waals surface area contributed by atoms with Crippen molar-refractivity contribution in [3.8, 4) is 0 Å². The lowest BCUT2D eigenvalue weighted by molar-refractivity contribution is -0.167. The predicted molar refractivity (Wildman–Crippen MR) is 247 cm³/mol. The highest BCUT2D eigenvalue weighted by Gasteiger charge is 2.19. The van der Waals surface area contributed by atoms with Crippen molar-refractivity contribution in [2.75, 3.05) is 13.2 Å². The monoisotopic (exact) mass is 811 g/mol. The predicted octanol–water partition coefficient (Wildman–Crippen LogP) is 15.7. The van der Waals surface area contributed by atoms with Gasteiger partial charge in [-0.2, -0.15) is 0 Å². The standard InChI is InChI=1S/C52H90O6/c1-4-7-10-13-16-19-21-23-24-25-26-27-28-29-31-33-36-39-42-45-51(54)57-48-49(47-56-50(53)44-41-38-35-32-18-15-12-9-6-3)58-52(55)46-43-40-37-34-30-22-20-17-14-11-8-5-2/h8-9,11-12,17-18,20,30,32,34,49H,4-7,10,13-16,19,21-29,31,33,35-48H2,1-3H3/b11-8-,12-9-,20-17-,32-18-,34-30-.